The minimum Gasteiger partial charge on any atom is -0.163 e. The normalized spacial score (nSPS) is 11.4. The SMILES string of the molecule is SC(CCBr)(c1ccccc1)c1ccccc1. The molecule has 0 fully saturated rings. The zero-order chi connectivity index (χ0) is 12.1. The van der Waals surface area contributed by atoms with Gasteiger partial charge in [-0.15, -0.1) is 0 Å². The number of thiol groups is 1. The van der Waals surface area contributed by atoms with Crippen molar-refractivity contribution >= 4 is 28.6 Å². The Bertz CT molecular complexity index is 413. The molecule has 88 valence electrons. The largest absolute Gasteiger partial charge is 0.163 e. The summed E-state index contributed by atoms with van der Waals surface area (Å²) < 4.78 is -0.216. The van der Waals surface area contributed by atoms with E-state index in [0.29, 0.717) is 0 Å². The summed E-state index contributed by atoms with van der Waals surface area (Å²) in [7, 11) is 0. The molecule has 0 saturated carbocycles. The van der Waals surface area contributed by atoms with Gasteiger partial charge in [-0.1, -0.05) is 76.6 Å². The second-order valence-corrected chi connectivity index (χ2v) is 5.59. The Labute approximate surface area is 117 Å². The van der Waals surface area contributed by atoms with Gasteiger partial charge in [-0.05, 0) is 17.5 Å². The van der Waals surface area contributed by atoms with Crippen molar-refractivity contribution < 1.29 is 0 Å². The molecular formula is C15H15BrS. The standard InChI is InChI=1S/C15H15BrS/c16-12-11-15(17,13-7-3-1-4-8-13)14-9-5-2-6-10-14/h1-10,17H,11-12H2. The van der Waals surface area contributed by atoms with Crippen LogP contribution in [0.5, 0.6) is 0 Å². The maximum absolute atomic E-state index is 4.95. The fourth-order valence-electron chi connectivity index (χ4n) is 2.02. The number of rotatable bonds is 4. The van der Waals surface area contributed by atoms with Crippen molar-refractivity contribution in [2.45, 2.75) is 11.2 Å². The van der Waals surface area contributed by atoms with Crippen LogP contribution >= 0.6 is 28.6 Å². The van der Waals surface area contributed by atoms with E-state index in [1.54, 1.807) is 0 Å². The molecule has 0 radical (unpaired) electrons. The smallest absolute Gasteiger partial charge is 0.0634 e. The van der Waals surface area contributed by atoms with Crippen molar-refractivity contribution in [2.24, 2.45) is 0 Å². The molecule has 0 heterocycles. The molecule has 0 N–H and O–H groups in total. The first kappa shape index (κ1) is 12.7. The van der Waals surface area contributed by atoms with Crippen molar-refractivity contribution in [3.05, 3.63) is 71.8 Å². The summed E-state index contributed by atoms with van der Waals surface area (Å²) in [5.41, 5.74) is 2.49. The van der Waals surface area contributed by atoms with Gasteiger partial charge in [0.15, 0.2) is 0 Å². The summed E-state index contributed by atoms with van der Waals surface area (Å²) in [6.07, 6.45) is 0.962. The van der Waals surface area contributed by atoms with E-state index < -0.39 is 0 Å². The van der Waals surface area contributed by atoms with Crippen molar-refractivity contribution in [2.75, 3.05) is 5.33 Å². The minimum absolute atomic E-state index is 0.216. The van der Waals surface area contributed by atoms with Crippen LogP contribution in [0.3, 0.4) is 0 Å². The van der Waals surface area contributed by atoms with Crippen LogP contribution in [0, 0.1) is 0 Å². The molecule has 0 atom stereocenters. The average Bonchev–Trinajstić information content (AvgIpc) is 2.41. The molecule has 0 aromatic heterocycles. The first-order chi connectivity index (χ1) is 8.27. The summed E-state index contributed by atoms with van der Waals surface area (Å²) in [5, 5.41) is 0.931. The van der Waals surface area contributed by atoms with Gasteiger partial charge in [0, 0.05) is 5.33 Å². The van der Waals surface area contributed by atoms with E-state index >= 15 is 0 Å². The van der Waals surface area contributed by atoms with Crippen LogP contribution in [0.25, 0.3) is 0 Å². The van der Waals surface area contributed by atoms with Crippen LogP contribution in [0.1, 0.15) is 17.5 Å². The predicted octanol–water partition coefficient (Wildman–Crippen LogP) is 4.65. The van der Waals surface area contributed by atoms with Crippen molar-refractivity contribution in [3.8, 4) is 0 Å². The van der Waals surface area contributed by atoms with Crippen LogP contribution in [-0.4, -0.2) is 5.33 Å². The lowest BCUT2D eigenvalue weighted by Crippen LogP contribution is -2.21. The number of hydrogen-bond acceptors (Lipinski definition) is 1. The second kappa shape index (κ2) is 5.74. The first-order valence-corrected chi connectivity index (χ1v) is 7.23. The molecule has 2 aromatic carbocycles. The lowest BCUT2D eigenvalue weighted by atomic mass is 9.88. The van der Waals surface area contributed by atoms with Gasteiger partial charge in [-0.2, -0.15) is 12.6 Å². The third-order valence-corrected chi connectivity index (χ3v) is 4.10. The maximum atomic E-state index is 4.95. The van der Waals surface area contributed by atoms with Gasteiger partial charge < -0.3 is 0 Å². The highest BCUT2D eigenvalue weighted by molar-refractivity contribution is 9.09. The highest BCUT2D eigenvalue weighted by Gasteiger charge is 2.28. The van der Waals surface area contributed by atoms with Gasteiger partial charge in [0.25, 0.3) is 0 Å². The van der Waals surface area contributed by atoms with Crippen molar-refractivity contribution in [1.29, 1.82) is 0 Å². The Balaban J connectivity index is 2.47. The number of alkyl halides is 1. The van der Waals surface area contributed by atoms with Crippen molar-refractivity contribution in [3.63, 3.8) is 0 Å². The summed E-state index contributed by atoms with van der Waals surface area (Å²) in [5.74, 6) is 0. The monoisotopic (exact) mass is 306 g/mol. The van der Waals surface area contributed by atoms with Crippen LogP contribution in [0.15, 0.2) is 60.7 Å². The molecule has 0 aliphatic heterocycles. The quantitative estimate of drug-likeness (QED) is 0.617. The molecule has 17 heavy (non-hydrogen) atoms. The van der Waals surface area contributed by atoms with E-state index in [1.165, 1.54) is 11.1 Å². The fourth-order valence-corrected chi connectivity index (χ4v) is 3.33. The molecule has 0 amide bonds. The number of benzene rings is 2. The molecule has 0 spiro atoms. The second-order valence-electron chi connectivity index (χ2n) is 4.03. The van der Waals surface area contributed by atoms with Crippen LogP contribution < -0.4 is 0 Å². The van der Waals surface area contributed by atoms with Gasteiger partial charge >= 0.3 is 0 Å². The van der Waals surface area contributed by atoms with Crippen molar-refractivity contribution in [1.82, 2.24) is 0 Å². The van der Waals surface area contributed by atoms with E-state index in [9.17, 15) is 0 Å². The van der Waals surface area contributed by atoms with E-state index in [2.05, 4.69) is 64.5 Å². The predicted molar refractivity (Wildman–Crippen MR) is 81.1 cm³/mol. The molecule has 2 heteroatoms. The van der Waals surface area contributed by atoms with Crippen LogP contribution in [-0.2, 0) is 4.75 Å². The lowest BCUT2D eigenvalue weighted by Gasteiger charge is -2.29. The maximum Gasteiger partial charge on any atom is 0.0634 e. The molecular weight excluding hydrogens is 292 g/mol. The summed E-state index contributed by atoms with van der Waals surface area (Å²) in [4.78, 5) is 0. The molecule has 0 saturated heterocycles. The minimum atomic E-state index is -0.216. The fraction of sp³-hybridized carbons (Fsp3) is 0.200. The molecule has 0 nitrogen and oxygen atoms in total. The van der Waals surface area contributed by atoms with Crippen LogP contribution in [0.4, 0.5) is 0 Å². The molecule has 0 aliphatic carbocycles. The molecule has 2 aromatic rings. The van der Waals surface area contributed by atoms with Gasteiger partial charge in [-0.25, -0.2) is 0 Å². The Morgan fingerprint density at radius 1 is 0.824 bits per heavy atom. The Morgan fingerprint density at radius 3 is 1.59 bits per heavy atom. The van der Waals surface area contributed by atoms with E-state index in [0.717, 1.165) is 11.8 Å². The van der Waals surface area contributed by atoms with E-state index in [-0.39, 0.29) is 4.75 Å². The molecule has 2 rings (SSSR count). The number of hydrogen-bond donors (Lipinski definition) is 1. The Morgan fingerprint density at radius 2 is 1.24 bits per heavy atom. The topological polar surface area (TPSA) is 0 Å². The summed E-state index contributed by atoms with van der Waals surface area (Å²) >= 11 is 8.48. The van der Waals surface area contributed by atoms with Gasteiger partial charge in [0.2, 0.25) is 0 Å². The molecule has 0 bridgehead atoms. The zero-order valence-corrected chi connectivity index (χ0v) is 12.0. The Hall–Kier alpha value is -0.730. The average molecular weight is 307 g/mol. The summed E-state index contributed by atoms with van der Waals surface area (Å²) in [6.45, 7) is 0. The highest BCUT2D eigenvalue weighted by atomic mass is 79.9. The van der Waals surface area contributed by atoms with Gasteiger partial charge in [0.05, 0.1) is 4.75 Å². The molecule has 0 unspecified atom stereocenters. The lowest BCUT2D eigenvalue weighted by molar-refractivity contribution is 0.727. The summed E-state index contributed by atoms with van der Waals surface area (Å²) in [6, 6.07) is 20.9. The Kier molecular flexibility index (Phi) is 4.30. The van der Waals surface area contributed by atoms with Gasteiger partial charge in [0.1, 0.15) is 0 Å². The highest BCUT2D eigenvalue weighted by Crippen LogP contribution is 2.39. The van der Waals surface area contributed by atoms with Crippen LogP contribution in [0.2, 0.25) is 0 Å². The van der Waals surface area contributed by atoms with Gasteiger partial charge in [-0.3, -0.25) is 0 Å². The third kappa shape index (κ3) is 2.75. The zero-order valence-electron chi connectivity index (χ0n) is 9.51. The number of halogens is 1. The molecule has 0 aliphatic rings. The van der Waals surface area contributed by atoms with E-state index in [1.807, 2.05) is 12.1 Å². The van der Waals surface area contributed by atoms with E-state index in [4.69, 9.17) is 12.6 Å². The third-order valence-electron chi connectivity index (χ3n) is 2.96. The first-order valence-electron chi connectivity index (χ1n) is 5.67.